The largest absolute Gasteiger partial charge is 0.491 e. The highest BCUT2D eigenvalue weighted by Gasteiger charge is 2.05. The molecule has 1 aromatic carbocycles. The first-order valence-corrected chi connectivity index (χ1v) is 5.77. The van der Waals surface area contributed by atoms with Crippen LogP contribution in [0.15, 0.2) is 22.7 Å². The van der Waals surface area contributed by atoms with E-state index in [-0.39, 0.29) is 0 Å². The van der Waals surface area contributed by atoms with Gasteiger partial charge in [-0.2, -0.15) is 0 Å². The molecular formula is C11H16BrNO2. The van der Waals surface area contributed by atoms with Crippen LogP contribution in [-0.4, -0.2) is 19.8 Å². The summed E-state index contributed by atoms with van der Waals surface area (Å²) in [6, 6.07) is 5.80. The van der Waals surface area contributed by atoms with Crippen molar-refractivity contribution in [3.63, 3.8) is 0 Å². The second-order valence-electron chi connectivity index (χ2n) is 2.97. The maximum absolute atomic E-state index is 5.64. The summed E-state index contributed by atoms with van der Waals surface area (Å²) >= 11 is 3.44. The van der Waals surface area contributed by atoms with Crippen LogP contribution in [0.3, 0.4) is 0 Å². The SMILES string of the molecule is CCOCCOc1cccc(Br)c1CN. The summed E-state index contributed by atoms with van der Waals surface area (Å²) in [4.78, 5) is 0. The zero-order chi connectivity index (χ0) is 11.1. The lowest BCUT2D eigenvalue weighted by atomic mass is 10.2. The lowest BCUT2D eigenvalue weighted by molar-refractivity contribution is 0.110. The van der Waals surface area contributed by atoms with Gasteiger partial charge in [0.25, 0.3) is 0 Å². The third-order valence-electron chi connectivity index (χ3n) is 1.97. The number of halogens is 1. The van der Waals surface area contributed by atoms with Crippen molar-refractivity contribution in [3.05, 3.63) is 28.2 Å². The Morgan fingerprint density at radius 3 is 2.80 bits per heavy atom. The Kier molecular flexibility index (Phi) is 5.68. The fraction of sp³-hybridized carbons (Fsp3) is 0.455. The lowest BCUT2D eigenvalue weighted by Gasteiger charge is -2.11. The Bertz CT molecular complexity index is 305. The smallest absolute Gasteiger partial charge is 0.125 e. The van der Waals surface area contributed by atoms with Crippen LogP contribution in [-0.2, 0) is 11.3 Å². The third kappa shape index (κ3) is 3.81. The summed E-state index contributed by atoms with van der Waals surface area (Å²) in [6.45, 7) is 4.30. The first-order valence-electron chi connectivity index (χ1n) is 4.97. The average Bonchev–Trinajstić information content (AvgIpc) is 2.24. The second kappa shape index (κ2) is 6.82. The van der Waals surface area contributed by atoms with E-state index in [1.165, 1.54) is 0 Å². The van der Waals surface area contributed by atoms with Gasteiger partial charge in [0.2, 0.25) is 0 Å². The molecule has 0 amide bonds. The van der Waals surface area contributed by atoms with E-state index in [1.807, 2.05) is 25.1 Å². The predicted molar refractivity (Wildman–Crippen MR) is 64.0 cm³/mol. The number of nitrogens with two attached hydrogens (primary N) is 1. The summed E-state index contributed by atoms with van der Waals surface area (Å²) in [5.41, 5.74) is 6.64. The Morgan fingerprint density at radius 2 is 2.13 bits per heavy atom. The second-order valence-corrected chi connectivity index (χ2v) is 3.82. The molecule has 0 atom stereocenters. The monoisotopic (exact) mass is 273 g/mol. The predicted octanol–water partition coefficient (Wildman–Crippen LogP) is 2.32. The first kappa shape index (κ1) is 12.5. The zero-order valence-electron chi connectivity index (χ0n) is 8.83. The van der Waals surface area contributed by atoms with Gasteiger partial charge in [0.15, 0.2) is 0 Å². The van der Waals surface area contributed by atoms with Gasteiger partial charge in [-0.15, -0.1) is 0 Å². The van der Waals surface area contributed by atoms with Crippen molar-refractivity contribution < 1.29 is 9.47 Å². The molecular weight excluding hydrogens is 258 g/mol. The Labute approximate surface area is 98.7 Å². The van der Waals surface area contributed by atoms with Crippen molar-refractivity contribution in [3.8, 4) is 5.75 Å². The Morgan fingerprint density at radius 1 is 1.33 bits per heavy atom. The van der Waals surface area contributed by atoms with Gasteiger partial charge in [0, 0.05) is 23.2 Å². The number of hydrogen-bond acceptors (Lipinski definition) is 3. The molecule has 0 heterocycles. The Hall–Kier alpha value is -0.580. The number of hydrogen-bond donors (Lipinski definition) is 1. The van der Waals surface area contributed by atoms with E-state index in [4.69, 9.17) is 15.2 Å². The van der Waals surface area contributed by atoms with Crippen molar-refractivity contribution in [2.45, 2.75) is 13.5 Å². The van der Waals surface area contributed by atoms with Crippen molar-refractivity contribution in [1.82, 2.24) is 0 Å². The van der Waals surface area contributed by atoms with Crippen LogP contribution in [0.4, 0.5) is 0 Å². The molecule has 0 spiro atoms. The van der Waals surface area contributed by atoms with Crippen molar-refractivity contribution in [2.75, 3.05) is 19.8 Å². The minimum absolute atomic E-state index is 0.464. The van der Waals surface area contributed by atoms with E-state index in [2.05, 4.69) is 15.9 Å². The number of rotatable bonds is 6. The fourth-order valence-electron chi connectivity index (χ4n) is 1.23. The van der Waals surface area contributed by atoms with Crippen LogP contribution in [0.25, 0.3) is 0 Å². The molecule has 0 aromatic heterocycles. The minimum atomic E-state index is 0.464. The normalized spacial score (nSPS) is 10.3. The maximum Gasteiger partial charge on any atom is 0.125 e. The van der Waals surface area contributed by atoms with Gasteiger partial charge in [-0.05, 0) is 19.1 Å². The fourth-order valence-corrected chi connectivity index (χ4v) is 1.74. The molecule has 0 saturated carbocycles. The summed E-state index contributed by atoms with van der Waals surface area (Å²) in [7, 11) is 0. The van der Waals surface area contributed by atoms with Crippen LogP contribution >= 0.6 is 15.9 Å². The van der Waals surface area contributed by atoms with Crippen LogP contribution in [0.2, 0.25) is 0 Å². The van der Waals surface area contributed by atoms with E-state index in [0.29, 0.717) is 26.4 Å². The van der Waals surface area contributed by atoms with E-state index in [1.54, 1.807) is 0 Å². The number of benzene rings is 1. The first-order chi connectivity index (χ1) is 7.29. The maximum atomic E-state index is 5.64. The van der Waals surface area contributed by atoms with Gasteiger partial charge in [-0.25, -0.2) is 0 Å². The van der Waals surface area contributed by atoms with Gasteiger partial charge >= 0.3 is 0 Å². The highest BCUT2D eigenvalue weighted by Crippen LogP contribution is 2.26. The molecule has 2 N–H and O–H groups in total. The molecule has 84 valence electrons. The molecule has 0 aliphatic rings. The molecule has 3 nitrogen and oxygen atoms in total. The van der Waals surface area contributed by atoms with E-state index in [9.17, 15) is 0 Å². The van der Waals surface area contributed by atoms with Crippen molar-refractivity contribution in [1.29, 1.82) is 0 Å². The summed E-state index contributed by atoms with van der Waals surface area (Å²) in [5.74, 6) is 0.826. The average molecular weight is 274 g/mol. The standard InChI is InChI=1S/C11H16BrNO2/c1-2-14-6-7-15-11-5-3-4-10(12)9(11)8-13/h3-5H,2,6-8,13H2,1H3. The molecule has 4 heteroatoms. The van der Waals surface area contributed by atoms with Crippen LogP contribution in [0.5, 0.6) is 5.75 Å². The van der Waals surface area contributed by atoms with Crippen LogP contribution < -0.4 is 10.5 Å². The molecule has 0 fully saturated rings. The van der Waals surface area contributed by atoms with Gasteiger partial charge in [0.05, 0.1) is 6.61 Å². The molecule has 0 saturated heterocycles. The highest BCUT2D eigenvalue weighted by atomic mass is 79.9. The lowest BCUT2D eigenvalue weighted by Crippen LogP contribution is -2.09. The number of ether oxygens (including phenoxy) is 2. The molecule has 0 radical (unpaired) electrons. The molecule has 0 bridgehead atoms. The summed E-state index contributed by atoms with van der Waals surface area (Å²) in [5, 5.41) is 0. The molecule has 1 rings (SSSR count). The van der Waals surface area contributed by atoms with E-state index < -0.39 is 0 Å². The highest BCUT2D eigenvalue weighted by molar-refractivity contribution is 9.10. The zero-order valence-corrected chi connectivity index (χ0v) is 10.4. The quantitative estimate of drug-likeness (QED) is 0.810. The minimum Gasteiger partial charge on any atom is -0.491 e. The molecule has 0 aliphatic heterocycles. The van der Waals surface area contributed by atoms with E-state index >= 15 is 0 Å². The van der Waals surface area contributed by atoms with Gasteiger partial charge in [-0.1, -0.05) is 22.0 Å². The molecule has 15 heavy (non-hydrogen) atoms. The molecule has 0 unspecified atom stereocenters. The van der Waals surface area contributed by atoms with Crippen LogP contribution in [0, 0.1) is 0 Å². The van der Waals surface area contributed by atoms with Crippen molar-refractivity contribution in [2.24, 2.45) is 5.73 Å². The van der Waals surface area contributed by atoms with Crippen molar-refractivity contribution >= 4 is 15.9 Å². The molecule has 0 aliphatic carbocycles. The van der Waals surface area contributed by atoms with Gasteiger partial charge in [0.1, 0.15) is 12.4 Å². The topological polar surface area (TPSA) is 44.5 Å². The van der Waals surface area contributed by atoms with Gasteiger partial charge in [-0.3, -0.25) is 0 Å². The summed E-state index contributed by atoms with van der Waals surface area (Å²) < 4.78 is 11.8. The van der Waals surface area contributed by atoms with Gasteiger partial charge < -0.3 is 15.2 Å². The van der Waals surface area contributed by atoms with E-state index in [0.717, 1.165) is 15.8 Å². The molecule has 1 aromatic rings. The van der Waals surface area contributed by atoms with Crippen LogP contribution in [0.1, 0.15) is 12.5 Å². The Balaban J connectivity index is 2.56. The third-order valence-corrected chi connectivity index (χ3v) is 2.71. The summed E-state index contributed by atoms with van der Waals surface area (Å²) in [6.07, 6.45) is 0.